The molecule has 3 rings (SSSR count). The van der Waals surface area contributed by atoms with Crippen molar-refractivity contribution in [3.63, 3.8) is 0 Å². The Bertz CT molecular complexity index is 725. The highest BCUT2D eigenvalue weighted by Crippen LogP contribution is 2.23. The van der Waals surface area contributed by atoms with Gasteiger partial charge < -0.3 is 4.90 Å². The summed E-state index contributed by atoms with van der Waals surface area (Å²) in [5.74, 6) is -0.117. The lowest BCUT2D eigenvalue weighted by molar-refractivity contribution is -0.116. The lowest BCUT2D eigenvalue weighted by atomic mass is 10.3. The fourth-order valence-electron chi connectivity index (χ4n) is 2.31. The van der Waals surface area contributed by atoms with Gasteiger partial charge in [0.05, 0.1) is 0 Å². The predicted octanol–water partition coefficient (Wildman–Crippen LogP) is 2.01. The molecule has 0 atom stereocenters. The first-order chi connectivity index (χ1) is 11.1. The summed E-state index contributed by atoms with van der Waals surface area (Å²) >= 11 is 5.95. The third-order valence-electron chi connectivity index (χ3n) is 3.37. The van der Waals surface area contributed by atoms with E-state index in [9.17, 15) is 9.59 Å². The minimum absolute atomic E-state index is 0.0475. The number of aromatic nitrogens is 2. The topological polar surface area (TPSA) is 78.4 Å². The average molecular weight is 332 g/mol. The highest BCUT2D eigenvalue weighted by molar-refractivity contribution is 6.30. The zero-order valence-corrected chi connectivity index (χ0v) is 12.9. The molecule has 1 aromatic carbocycles. The van der Waals surface area contributed by atoms with E-state index in [-0.39, 0.29) is 24.4 Å². The van der Waals surface area contributed by atoms with Crippen molar-refractivity contribution in [3.8, 4) is 0 Å². The maximum absolute atomic E-state index is 12.4. The number of carbonyl (C=O) groups is 2. The molecule has 1 saturated heterocycles. The van der Waals surface area contributed by atoms with Crippen molar-refractivity contribution in [3.05, 3.63) is 47.7 Å². The molecule has 8 heteroatoms. The summed E-state index contributed by atoms with van der Waals surface area (Å²) in [5.41, 5.74) is 0.719. The van der Waals surface area contributed by atoms with Crippen LogP contribution in [0.4, 0.5) is 16.4 Å². The maximum Gasteiger partial charge on any atom is 0.325 e. The van der Waals surface area contributed by atoms with Crippen molar-refractivity contribution in [2.45, 2.75) is 0 Å². The number of halogens is 1. The number of urea groups is 1. The van der Waals surface area contributed by atoms with E-state index in [4.69, 9.17) is 11.6 Å². The number of nitrogens with one attached hydrogen (secondary N) is 1. The molecule has 0 unspecified atom stereocenters. The Hall–Kier alpha value is -2.67. The number of carbonyl (C=O) groups excluding carboxylic acids is 2. The van der Waals surface area contributed by atoms with Crippen LogP contribution < -0.4 is 10.2 Å². The average Bonchev–Trinajstić information content (AvgIpc) is 2.89. The molecule has 3 amide bonds. The first kappa shape index (κ1) is 15.2. The monoisotopic (exact) mass is 331 g/mol. The molecule has 0 spiro atoms. The van der Waals surface area contributed by atoms with E-state index in [1.807, 2.05) is 6.07 Å². The highest BCUT2D eigenvalue weighted by Gasteiger charge is 2.30. The zero-order valence-electron chi connectivity index (χ0n) is 12.1. The van der Waals surface area contributed by atoms with Crippen LogP contribution in [-0.4, -0.2) is 46.4 Å². The fourth-order valence-corrected chi connectivity index (χ4v) is 2.50. The van der Waals surface area contributed by atoms with Crippen LogP contribution in [0.15, 0.2) is 42.7 Å². The summed E-state index contributed by atoms with van der Waals surface area (Å²) in [6, 6.07) is 8.49. The number of nitrogens with zero attached hydrogens (tertiary/aromatic N) is 4. The van der Waals surface area contributed by atoms with Gasteiger partial charge in [0.2, 0.25) is 11.9 Å². The summed E-state index contributed by atoms with van der Waals surface area (Å²) in [6.07, 6.45) is 3.06. The molecule has 1 N–H and O–H groups in total. The molecule has 118 valence electrons. The molecule has 1 aromatic heterocycles. The van der Waals surface area contributed by atoms with Crippen LogP contribution in [0.1, 0.15) is 0 Å². The van der Waals surface area contributed by atoms with Crippen molar-refractivity contribution in [2.24, 2.45) is 0 Å². The van der Waals surface area contributed by atoms with Gasteiger partial charge in [-0.2, -0.15) is 0 Å². The van der Waals surface area contributed by atoms with Gasteiger partial charge in [-0.1, -0.05) is 17.7 Å². The van der Waals surface area contributed by atoms with Gasteiger partial charge in [0, 0.05) is 36.2 Å². The molecule has 1 aliphatic heterocycles. The second-order valence-electron chi connectivity index (χ2n) is 4.96. The van der Waals surface area contributed by atoms with Gasteiger partial charge in [0.15, 0.2) is 0 Å². The number of hydrogen-bond donors (Lipinski definition) is 1. The molecular weight excluding hydrogens is 318 g/mol. The van der Waals surface area contributed by atoms with E-state index in [0.29, 0.717) is 18.1 Å². The normalized spacial score (nSPS) is 14.2. The Morgan fingerprint density at radius 2 is 2.00 bits per heavy atom. The summed E-state index contributed by atoms with van der Waals surface area (Å²) in [4.78, 5) is 35.3. The molecular formula is C15H14ClN5O2. The van der Waals surface area contributed by atoms with Gasteiger partial charge in [-0.15, -0.1) is 0 Å². The van der Waals surface area contributed by atoms with Crippen LogP contribution in [-0.2, 0) is 4.79 Å². The minimum atomic E-state index is -0.336. The molecule has 1 fully saturated rings. The molecule has 0 radical (unpaired) electrons. The third kappa shape index (κ3) is 3.57. The molecule has 0 saturated carbocycles. The summed E-state index contributed by atoms with van der Waals surface area (Å²) in [5, 5.41) is 3.12. The van der Waals surface area contributed by atoms with E-state index >= 15 is 0 Å². The Labute approximate surface area is 137 Å². The maximum atomic E-state index is 12.4. The van der Waals surface area contributed by atoms with Gasteiger partial charge in [-0.25, -0.2) is 14.8 Å². The molecule has 0 aliphatic carbocycles. The van der Waals surface area contributed by atoms with Crippen LogP contribution >= 0.6 is 11.6 Å². The molecule has 2 aromatic rings. The fraction of sp³-hybridized carbons (Fsp3) is 0.200. The second kappa shape index (κ2) is 6.62. The first-order valence-corrected chi connectivity index (χ1v) is 7.40. The number of rotatable bonds is 4. The first-order valence-electron chi connectivity index (χ1n) is 7.02. The van der Waals surface area contributed by atoms with Gasteiger partial charge >= 0.3 is 6.03 Å². The summed E-state index contributed by atoms with van der Waals surface area (Å²) in [7, 11) is 0. The van der Waals surface area contributed by atoms with Crippen LogP contribution in [0.25, 0.3) is 0 Å². The van der Waals surface area contributed by atoms with Gasteiger partial charge in [0.1, 0.15) is 6.54 Å². The highest BCUT2D eigenvalue weighted by atomic mass is 35.5. The van der Waals surface area contributed by atoms with Crippen LogP contribution in [0.3, 0.4) is 0 Å². The zero-order chi connectivity index (χ0) is 16.2. The predicted molar refractivity (Wildman–Crippen MR) is 86.4 cm³/mol. The molecule has 7 nitrogen and oxygen atoms in total. The Morgan fingerprint density at radius 1 is 1.22 bits per heavy atom. The van der Waals surface area contributed by atoms with Gasteiger partial charge in [-0.3, -0.25) is 15.0 Å². The molecule has 2 heterocycles. The van der Waals surface area contributed by atoms with E-state index in [0.717, 1.165) is 5.69 Å². The summed E-state index contributed by atoms with van der Waals surface area (Å²) < 4.78 is 0. The number of hydrogen-bond acceptors (Lipinski definition) is 4. The third-order valence-corrected chi connectivity index (χ3v) is 3.60. The SMILES string of the molecule is O=C(CN1CCN(c2cccc(Cl)c2)C1=O)Nc1ncccn1. The van der Waals surface area contributed by atoms with Crippen molar-refractivity contribution in [1.29, 1.82) is 0 Å². The van der Waals surface area contributed by atoms with Crippen LogP contribution in [0.2, 0.25) is 5.02 Å². The largest absolute Gasteiger partial charge is 0.325 e. The quantitative estimate of drug-likeness (QED) is 0.929. The number of anilines is 2. The Morgan fingerprint density at radius 3 is 2.74 bits per heavy atom. The molecule has 1 aliphatic rings. The van der Waals surface area contributed by atoms with Gasteiger partial charge in [0.25, 0.3) is 0 Å². The van der Waals surface area contributed by atoms with E-state index < -0.39 is 0 Å². The Balaban J connectivity index is 1.62. The van der Waals surface area contributed by atoms with Crippen molar-refractivity contribution in [2.75, 3.05) is 29.9 Å². The number of amides is 3. The molecule has 0 bridgehead atoms. The lowest BCUT2D eigenvalue weighted by Crippen LogP contribution is -2.37. The number of benzene rings is 1. The van der Waals surface area contributed by atoms with Crippen molar-refractivity contribution < 1.29 is 9.59 Å². The van der Waals surface area contributed by atoms with Crippen molar-refractivity contribution >= 4 is 35.2 Å². The summed E-state index contributed by atoms with van der Waals surface area (Å²) in [6.45, 7) is 0.927. The minimum Gasteiger partial charge on any atom is -0.313 e. The second-order valence-corrected chi connectivity index (χ2v) is 5.39. The van der Waals surface area contributed by atoms with Crippen LogP contribution in [0, 0.1) is 0 Å². The van der Waals surface area contributed by atoms with Crippen LogP contribution in [0.5, 0.6) is 0 Å². The van der Waals surface area contributed by atoms with E-state index in [2.05, 4.69) is 15.3 Å². The van der Waals surface area contributed by atoms with Gasteiger partial charge in [-0.05, 0) is 24.3 Å². The molecule has 23 heavy (non-hydrogen) atoms. The lowest BCUT2D eigenvalue weighted by Gasteiger charge is -2.18. The standard InChI is InChI=1S/C15H14ClN5O2/c16-11-3-1-4-12(9-11)21-8-7-20(15(21)23)10-13(22)19-14-17-5-2-6-18-14/h1-6,9H,7-8,10H2,(H,17,18,19,22). The van der Waals surface area contributed by atoms with Crippen molar-refractivity contribution in [1.82, 2.24) is 14.9 Å². The van der Waals surface area contributed by atoms with E-state index in [1.54, 1.807) is 29.2 Å². The van der Waals surface area contributed by atoms with E-state index in [1.165, 1.54) is 17.3 Å². The Kier molecular flexibility index (Phi) is 4.38. The smallest absolute Gasteiger partial charge is 0.313 e.